The van der Waals surface area contributed by atoms with Gasteiger partial charge < -0.3 is 20.1 Å². The minimum Gasteiger partial charge on any atom is -0.486 e. The maximum absolute atomic E-state index is 13.1. The number of ether oxygens (including phenoxy) is 2. The number of rotatable bonds is 8. The van der Waals surface area contributed by atoms with Crippen LogP contribution in [0.3, 0.4) is 0 Å². The first-order chi connectivity index (χ1) is 14.2. The van der Waals surface area contributed by atoms with E-state index in [-0.39, 0.29) is 18.5 Å². The Kier molecular flexibility index (Phi) is 6.53. The van der Waals surface area contributed by atoms with Crippen LogP contribution in [0.1, 0.15) is 52.5 Å². The van der Waals surface area contributed by atoms with E-state index in [0.29, 0.717) is 36.2 Å². The van der Waals surface area contributed by atoms with E-state index in [4.69, 9.17) is 9.47 Å². The predicted molar refractivity (Wildman–Crippen MR) is 111 cm³/mol. The smallest absolute Gasteiger partial charge is 0.325 e. The van der Waals surface area contributed by atoms with E-state index >= 15 is 0 Å². The van der Waals surface area contributed by atoms with Gasteiger partial charge in [-0.1, -0.05) is 32.8 Å². The maximum atomic E-state index is 13.1. The fourth-order valence-corrected chi connectivity index (χ4v) is 3.76. The van der Waals surface area contributed by atoms with Gasteiger partial charge in [0, 0.05) is 6.04 Å². The largest absolute Gasteiger partial charge is 0.486 e. The first-order valence-corrected chi connectivity index (χ1v) is 10.5. The molecule has 164 valence electrons. The Hall–Kier alpha value is -2.77. The minimum absolute atomic E-state index is 0.0128. The van der Waals surface area contributed by atoms with Crippen LogP contribution in [0.5, 0.6) is 11.5 Å². The molecule has 0 aromatic heterocycles. The van der Waals surface area contributed by atoms with Crippen molar-refractivity contribution in [3.8, 4) is 11.5 Å². The molecule has 2 aliphatic rings. The number of benzene rings is 1. The van der Waals surface area contributed by atoms with E-state index in [1.807, 2.05) is 6.92 Å². The molecule has 1 saturated heterocycles. The van der Waals surface area contributed by atoms with E-state index in [1.54, 1.807) is 25.1 Å². The number of amides is 4. The van der Waals surface area contributed by atoms with Crippen molar-refractivity contribution < 1.29 is 23.9 Å². The molecular weight excluding hydrogens is 386 g/mol. The molecule has 8 nitrogen and oxygen atoms in total. The van der Waals surface area contributed by atoms with Crippen LogP contribution in [0.15, 0.2) is 18.2 Å². The van der Waals surface area contributed by atoms with E-state index in [2.05, 4.69) is 24.5 Å². The lowest BCUT2D eigenvalue weighted by Crippen LogP contribution is -2.45. The second-order valence-corrected chi connectivity index (χ2v) is 8.60. The molecule has 8 heteroatoms. The second-order valence-electron chi connectivity index (χ2n) is 8.60. The van der Waals surface area contributed by atoms with Crippen LogP contribution >= 0.6 is 0 Å². The molecule has 0 saturated carbocycles. The van der Waals surface area contributed by atoms with Crippen LogP contribution < -0.4 is 20.1 Å². The molecule has 0 unspecified atom stereocenters. The van der Waals surface area contributed by atoms with E-state index in [1.165, 1.54) is 0 Å². The number of nitrogens with zero attached hydrogens (tertiary/aromatic N) is 1. The van der Waals surface area contributed by atoms with Gasteiger partial charge in [0.1, 0.15) is 25.3 Å². The highest BCUT2D eigenvalue weighted by molar-refractivity contribution is 6.09. The Morgan fingerprint density at radius 2 is 1.87 bits per heavy atom. The van der Waals surface area contributed by atoms with Crippen molar-refractivity contribution in [1.82, 2.24) is 15.5 Å². The molecule has 0 bridgehead atoms. The van der Waals surface area contributed by atoms with Crippen LogP contribution in [-0.2, 0) is 15.1 Å². The highest BCUT2D eigenvalue weighted by Crippen LogP contribution is 2.36. The SMILES string of the molecule is CC(C)CCC[C@H](C)NC(=O)CN1C(=O)N[C@@](C)(c2ccc3c(c2)OCCO3)C1=O. The molecule has 2 heterocycles. The van der Waals surface area contributed by atoms with Gasteiger partial charge in [-0.3, -0.25) is 14.5 Å². The molecule has 1 fully saturated rings. The van der Waals surface area contributed by atoms with Crippen LogP contribution in [0.4, 0.5) is 4.79 Å². The molecule has 30 heavy (non-hydrogen) atoms. The molecule has 2 N–H and O–H groups in total. The molecule has 2 atom stereocenters. The lowest BCUT2D eigenvalue weighted by Gasteiger charge is -2.25. The van der Waals surface area contributed by atoms with Crippen molar-refractivity contribution in [2.75, 3.05) is 19.8 Å². The topological polar surface area (TPSA) is 97.0 Å². The van der Waals surface area contributed by atoms with Gasteiger partial charge >= 0.3 is 6.03 Å². The lowest BCUT2D eigenvalue weighted by molar-refractivity contribution is -0.135. The average Bonchev–Trinajstić information content (AvgIpc) is 2.91. The molecule has 0 aliphatic carbocycles. The third kappa shape index (κ3) is 4.68. The Balaban J connectivity index is 1.63. The van der Waals surface area contributed by atoms with Crippen LogP contribution in [0, 0.1) is 5.92 Å². The minimum atomic E-state index is -1.27. The highest BCUT2D eigenvalue weighted by atomic mass is 16.6. The fraction of sp³-hybridized carbons (Fsp3) is 0.591. The Morgan fingerprint density at radius 3 is 2.57 bits per heavy atom. The summed E-state index contributed by atoms with van der Waals surface area (Å²) in [5.41, 5.74) is -0.689. The number of imide groups is 1. The number of nitrogens with one attached hydrogen (secondary N) is 2. The van der Waals surface area contributed by atoms with Crippen molar-refractivity contribution in [2.45, 2.75) is 58.5 Å². The summed E-state index contributed by atoms with van der Waals surface area (Å²) in [6.07, 6.45) is 2.98. The summed E-state index contributed by atoms with van der Waals surface area (Å²) in [4.78, 5) is 38.9. The van der Waals surface area contributed by atoms with Gasteiger partial charge in [-0.25, -0.2) is 4.79 Å². The summed E-state index contributed by atoms with van der Waals surface area (Å²) in [7, 11) is 0. The number of hydrogen-bond donors (Lipinski definition) is 2. The zero-order valence-electron chi connectivity index (χ0n) is 18.1. The molecule has 0 radical (unpaired) electrons. The Labute approximate surface area is 177 Å². The van der Waals surface area contributed by atoms with E-state index in [9.17, 15) is 14.4 Å². The molecular formula is C22H31N3O5. The van der Waals surface area contributed by atoms with Gasteiger partial charge in [0.15, 0.2) is 11.5 Å². The highest BCUT2D eigenvalue weighted by Gasteiger charge is 2.49. The zero-order valence-corrected chi connectivity index (χ0v) is 18.1. The zero-order chi connectivity index (χ0) is 21.9. The average molecular weight is 418 g/mol. The van der Waals surface area contributed by atoms with Crippen molar-refractivity contribution >= 4 is 17.8 Å². The number of urea groups is 1. The summed E-state index contributed by atoms with van der Waals surface area (Å²) in [5, 5.41) is 5.60. The van der Waals surface area contributed by atoms with Gasteiger partial charge in [-0.15, -0.1) is 0 Å². The van der Waals surface area contributed by atoms with E-state index < -0.39 is 17.5 Å². The summed E-state index contributed by atoms with van der Waals surface area (Å²) in [6, 6.07) is 4.56. The number of carbonyl (C=O) groups is 3. The number of hydrogen-bond acceptors (Lipinski definition) is 5. The Bertz CT molecular complexity index is 825. The summed E-state index contributed by atoms with van der Waals surface area (Å²) >= 11 is 0. The number of carbonyl (C=O) groups excluding carboxylic acids is 3. The van der Waals surface area contributed by atoms with Gasteiger partial charge in [-0.2, -0.15) is 0 Å². The second kappa shape index (κ2) is 8.93. The maximum Gasteiger partial charge on any atom is 0.325 e. The van der Waals surface area contributed by atoms with Crippen LogP contribution in [0.25, 0.3) is 0 Å². The molecule has 1 aromatic carbocycles. The van der Waals surface area contributed by atoms with Crippen molar-refractivity contribution in [2.24, 2.45) is 5.92 Å². The first kappa shape index (κ1) is 21.9. The van der Waals surface area contributed by atoms with Crippen molar-refractivity contribution in [1.29, 1.82) is 0 Å². The molecule has 3 rings (SSSR count). The molecule has 2 aliphatic heterocycles. The van der Waals surface area contributed by atoms with Gasteiger partial charge in [0.25, 0.3) is 5.91 Å². The summed E-state index contributed by atoms with van der Waals surface area (Å²) < 4.78 is 11.1. The van der Waals surface area contributed by atoms with Gasteiger partial charge in [0.2, 0.25) is 5.91 Å². The Morgan fingerprint density at radius 1 is 1.17 bits per heavy atom. The fourth-order valence-electron chi connectivity index (χ4n) is 3.76. The van der Waals surface area contributed by atoms with Crippen molar-refractivity contribution in [3.05, 3.63) is 23.8 Å². The standard InChI is InChI=1S/C22H31N3O5/c1-14(2)6-5-7-15(3)23-19(26)13-25-20(27)22(4,24-21(25)28)16-8-9-17-18(12-16)30-11-10-29-17/h8-9,12,14-15H,5-7,10-11,13H2,1-4H3,(H,23,26)(H,24,28)/t15-,22-/m0/s1. The predicted octanol–water partition coefficient (Wildman–Crippen LogP) is 2.56. The summed E-state index contributed by atoms with van der Waals surface area (Å²) in [6.45, 7) is 8.49. The molecule has 0 spiro atoms. The molecule has 4 amide bonds. The van der Waals surface area contributed by atoms with Crippen LogP contribution in [0.2, 0.25) is 0 Å². The monoisotopic (exact) mass is 417 g/mol. The lowest BCUT2D eigenvalue weighted by atomic mass is 9.91. The van der Waals surface area contributed by atoms with Gasteiger partial charge in [-0.05, 0) is 43.9 Å². The number of fused-ring (bicyclic) bond motifs is 1. The summed E-state index contributed by atoms with van der Waals surface area (Å²) in [5.74, 6) is 0.951. The van der Waals surface area contributed by atoms with Crippen LogP contribution in [-0.4, -0.2) is 48.5 Å². The first-order valence-electron chi connectivity index (χ1n) is 10.5. The quantitative estimate of drug-likeness (QED) is 0.634. The normalized spacial score (nSPS) is 21.6. The van der Waals surface area contributed by atoms with E-state index in [0.717, 1.165) is 24.2 Å². The third-order valence-electron chi connectivity index (χ3n) is 5.52. The van der Waals surface area contributed by atoms with Crippen molar-refractivity contribution in [3.63, 3.8) is 0 Å². The third-order valence-corrected chi connectivity index (χ3v) is 5.52. The molecule has 1 aromatic rings. The van der Waals surface area contributed by atoms with Gasteiger partial charge in [0.05, 0.1) is 0 Å².